The van der Waals surface area contributed by atoms with Crippen LogP contribution in [0.5, 0.6) is 5.75 Å². The normalized spacial score (nSPS) is 10.7. The van der Waals surface area contributed by atoms with E-state index in [1.54, 1.807) is 0 Å². The molecule has 0 unspecified atom stereocenters. The van der Waals surface area contributed by atoms with Crippen LogP contribution in [-0.4, -0.2) is 16.9 Å². The van der Waals surface area contributed by atoms with E-state index < -0.39 is 0 Å². The van der Waals surface area contributed by atoms with Crippen LogP contribution in [0.2, 0.25) is 0 Å². The number of benzene rings is 1. The summed E-state index contributed by atoms with van der Waals surface area (Å²) >= 11 is 3.51. The summed E-state index contributed by atoms with van der Waals surface area (Å²) < 4.78 is 11.2. The summed E-state index contributed by atoms with van der Waals surface area (Å²) in [4.78, 5) is 0. The van der Waals surface area contributed by atoms with Gasteiger partial charge < -0.3 is 10.1 Å². The van der Waals surface area contributed by atoms with Gasteiger partial charge >= 0.3 is 0 Å². The van der Waals surface area contributed by atoms with Crippen LogP contribution in [0, 0.1) is 6.92 Å². The van der Waals surface area contributed by atoms with Gasteiger partial charge in [-0.05, 0) is 47.1 Å². The van der Waals surface area contributed by atoms with Gasteiger partial charge in [0.2, 0.25) is 0 Å². The standard InChI is InChI=1S/C13H16BrN3O2/c1-3-15-7-10-4-5-13(11(14)6-10)18-8-12-9(2)16-19-17-12/h4-6,15H,3,7-8H2,1-2H3. The number of rotatable bonds is 6. The second-order valence-electron chi connectivity index (χ2n) is 4.13. The van der Waals surface area contributed by atoms with Crippen LogP contribution in [0.25, 0.3) is 0 Å². The highest BCUT2D eigenvalue weighted by Gasteiger charge is 2.08. The van der Waals surface area contributed by atoms with Crippen LogP contribution in [0.1, 0.15) is 23.9 Å². The Labute approximate surface area is 120 Å². The molecule has 0 amide bonds. The van der Waals surface area contributed by atoms with Crippen LogP contribution in [-0.2, 0) is 13.2 Å². The lowest BCUT2D eigenvalue weighted by Gasteiger charge is -2.09. The summed E-state index contributed by atoms with van der Waals surface area (Å²) in [7, 11) is 0. The van der Waals surface area contributed by atoms with Gasteiger partial charge in [-0.2, -0.15) is 0 Å². The summed E-state index contributed by atoms with van der Waals surface area (Å²) in [5, 5.41) is 10.8. The molecule has 0 spiro atoms. The van der Waals surface area contributed by atoms with Crippen LogP contribution < -0.4 is 10.1 Å². The molecule has 0 saturated heterocycles. The topological polar surface area (TPSA) is 60.2 Å². The third kappa shape index (κ3) is 3.78. The van der Waals surface area contributed by atoms with Gasteiger partial charge in [-0.25, -0.2) is 4.63 Å². The van der Waals surface area contributed by atoms with Gasteiger partial charge in [-0.15, -0.1) is 0 Å². The predicted molar refractivity (Wildman–Crippen MR) is 74.9 cm³/mol. The van der Waals surface area contributed by atoms with Gasteiger partial charge in [0.25, 0.3) is 0 Å². The minimum Gasteiger partial charge on any atom is -0.486 e. The Balaban J connectivity index is 1.99. The first-order valence-electron chi connectivity index (χ1n) is 6.10. The lowest BCUT2D eigenvalue weighted by Crippen LogP contribution is -2.11. The highest BCUT2D eigenvalue weighted by atomic mass is 79.9. The molecule has 1 N–H and O–H groups in total. The fourth-order valence-corrected chi connectivity index (χ4v) is 2.11. The summed E-state index contributed by atoms with van der Waals surface area (Å²) in [5.74, 6) is 0.780. The van der Waals surface area contributed by atoms with E-state index in [1.165, 1.54) is 5.56 Å². The van der Waals surface area contributed by atoms with E-state index in [0.717, 1.165) is 29.0 Å². The quantitative estimate of drug-likeness (QED) is 0.884. The van der Waals surface area contributed by atoms with Crippen molar-refractivity contribution in [3.05, 3.63) is 39.6 Å². The van der Waals surface area contributed by atoms with Gasteiger partial charge in [0.15, 0.2) is 0 Å². The average molecular weight is 326 g/mol. The van der Waals surface area contributed by atoms with Crippen molar-refractivity contribution in [2.45, 2.75) is 27.0 Å². The number of aryl methyl sites for hydroxylation is 1. The molecular weight excluding hydrogens is 310 g/mol. The zero-order valence-corrected chi connectivity index (χ0v) is 12.5. The number of hydrogen-bond acceptors (Lipinski definition) is 5. The molecule has 19 heavy (non-hydrogen) atoms. The van der Waals surface area contributed by atoms with Crippen molar-refractivity contribution in [1.29, 1.82) is 0 Å². The molecule has 0 aliphatic heterocycles. The maximum Gasteiger partial charge on any atom is 0.145 e. The van der Waals surface area contributed by atoms with Gasteiger partial charge in [0.1, 0.15) is 23.7 Å². The average Bonchev–Trinajstić information content (AvgIpc) is 2.81. The number of hydrogen-bond donors (Lipinski definition) is 1. The highest BCUT2D eigenvalue weighted by Crippen LogP contribution is 2.26. The molecule has 1 aromatic heterocycles. The summed E-state index contributed by atoms with van der Waals surface area (Å²) in [6, 6.07) is 6.03. The largest absolute Gasteiger partial charge is 0.486 e. The molecule has 1 heterocycles. The second kappa shape index (κ2) is 6.68. The van der Waals surface area contributed by atoms with E-state index in [0.29, 0.717) is 12.3 Å². The lowest BCUT2D eigenvalue weighted by atomic mass is 10.2. The number of nitrogens with zero attached hydrogens (tertiary/aromatic N) is 2. The Kier molecular flexibility index (Phi) is 4.93. The van der Waals surface area contributed by atoms with E-state index >= 15 is 0 Å². The molecule has 0 fully saturated rings. The van der Waals surface area contributed by atoms with Crippen LogP contribution in [0.4, 0.5) is 0 Å². The van der Waals surface area contributed by atoms with Crippen molar-refractivity contribution >= 4 is 15.9 Å². The lowest BCUT2D eigenvalue weighted by molar-refractivity contribution is 0.269. The molecule has 0 bridgehead atoms. The maximum atomic E-state index is 5.69. The van der Waals surface area contributed by atoms with E-state index in [-0.39, 0.29) is 0 Å². The Morgan fingerprint density at radius 3 is 2.84 bits per heavy atom. The molecule has 5 nitrogen and oxygen atoms in total. The predicted octanol–water partition coefficient (Wildman–Crippen LogP) is 2.83. The molecule has 2 aromatic rings. The fraction of sp³-hybridized carbons (Fsp3) is 0.385. The third-order valence-corrected chi connectivity index (χ3v) is 3.31. The summed E-state index contributed by atoms with van der Waals surface area (Å²) in [6.07, 6.45) is 0. The van der Waals surface area contributed by atoms with Gasteiger partial charge in [-0.3, -0.25) is 0 Å². The van der Waals surface area contributed by atoms with Gasteiger partial charge in [0, 0.05) is 6.54 Å². The first-order valence-corrected chi connectivity index (χ1v) is 6.90. The summed E-state index contributed by atoms with van der Waals surface area (Å²) in [6.45, 7) is 6.07. The second-order valence-corrected chi connectivity index (χ2v) is 4.98. The Hall–Kier alpha value is -1.40. The molecule has 0 atom stereocenters. The number of halogens is 1. The summed E-state index contributed by atoms with van der Waals surface area (Å²) in [5.41, 5.74) is 2.67. The van der Waals surface area contributed by atoms with Crippen molar-refractivity contribution < 1.29 is 9.37 Å². The van der Waals surface area contributed by atoms with Gasteiger partial charge in [0.05, 0.1) is 4.47 Å². The fourth-order valence-electron chi connectivity index (χ4n) is 1.57. The van der Waals surface area contributed by atoms with Crippen molar-refractivity contribution in [2.24, 2.45) is 0 Å². The number of aromatic nitrogens is 2. The zero-order chi connectivity index (χ0) is 13.7. The van der Waals surface area contributed by atoms with Crippen LogP contribution in [0.15, 0.2) is 27.3 Å². The van der Waals surface area contributed by atoms with Crippen molar-refractivity contribution in [3.63, 3.8) is 0 Å². The third-order valence-electron chi connectivity index (χ3n) is 2.69. The minimum absolute atomic E-state index is 0.348. The molecule has 0 radical (unpaired) electrons. The zero-order valence-electron chi connectivity index (χ0n) is 10.9. The maximum absolute atomic E-state index is 5.69. The number of ether oxygens (including phenoxy) is 1. The molecule has 6 heteroatoms. The van der Waals surface area contributed by atoms with E-state index in [9.17, 15) is 0 Å². The van der Waals surface area contributed by atoms with Crippen molar-refractivity contribution in [3.8, 4) is 5.75 Å². The Morgan fingerprint density at radius 1 is 1.37 bits per heavy atom. The molecule has 1 aromatic carbocycles. The van der Waals surface area contributed by atoms with Crippen LogP contribution in [0.3, 0.4) is 0 Å². The molecule has 0 saturated carbocycles. The highest BCUT2D eigenvalue weighted by molar-refractivity contribution is 9.10. The monoisotopic (exact) mass is 325 g/mol. The molecule has 2 rings (SSSR count). The molecule has 102 valence electrons. The van der Waals surface area contributed by atoms with Gasteiger partial charge in [-0.1, -0.05) is 23.3 Å². The molecular formula is C13H16BrN3O2. The minimum atomic E-state index is 0.348. The van der Waals surface area contributed by atoms with Crippen molar-refractivity contribution in [1.82, 2.24) is 15.6 Å². The first kappa shape index (κ1) is 14.0. The number of nitrogens with one attached hydrogen (secondary N) is 1. The van der Waals surface area contributed by atoms with Crippen LogP contribution >= 0.6 is 15.9 Å². The smallest absolute Gasteiger partial charge is 0.145 e. The SMILES string of the molecule is CCNCc1ccc(OCc2nonc2C)c(Br)c1. The van der Waals surface area contributed by atoms with E-state index in [1.807, 2.05) is 25.1 Å². The Morgan fingerprint density at radius 2 is 2.21 bits per heavy atom. The van der Waals surface area contributed by atoms with E-state index in [2.05, 4.69) is 43.1 Å². The van der Waals surface area contributed by atoms with Crippen molar-refractivity contribution in [2.75, 3.05) is 6.54 Å². The molecule has 0 aliphatic carbocycles. The first-order chi connectivity index (χ1) is 9.20. The Bertz CT molecular complexity index is 542. The van der Waals surface area contributed by atoms with E-state index in [4.69, 9.17) is 4.74 Å². The molecule has 0 aliphatic rings.